The summed E-state index contributed by atoms with van der Waals surface area (Å²) in [6.45, 7) is 13.7. The van der Waals surface area contributed by atoms with Crippen molar-refractivity contribution in [2.45, 2.75) is 143 Å². The van der Waals surface area contributed by atoms with E-state index in [0.717, 1.165) is 97.0 Å². The van der Waals surface area contributed by atoms with Gasteiger partial charge in [0.15, 0.2) is 5.78 Å². The van der Waals surface area contributed by atoms with Gasteiger partial charge in [-0.1, -0.05) is 72.1 Å². The number of carbonyl (C=O) groups is 2. The van der Waals surface area contributed by atoms with Crippen LogP contribution in [0.5, 0.6) is 11.5 Å². The molecule has 0 aliphatic heterocycles. The zero-order valence-electron chi connectivity index (χ0n) is 38.5. The van der Waals surface area contributed by atoms with Crippen LogP contribution in [0, 0.1) is 52.3 Å². The summed E-state index contributed by atoms with van der Waals surface area (Å²) in [5, 5.41) is 0. The number of nitrogen functional groups attached to an aromatic ring is 2. The predicted molar refractivity (Wildman–Crippen MR) is 253 cm³/mol. The van der Waals surface area contributed by atoms with Crippen molar-refractivity contribution in [2.24, 2.45) is 52.3 Å². The van der Waals surface area contributed by atoms with Crippen molar-refractivity contribution in [1.29, 1.82) is 0 Å². The summed E-state index contributed by atoms with van der Waals surface area (Å²) >= 11 is 0. The Hall–Kier alpha value is -4.26. The lowest BCUT2D eigenvalue weighted by Crippen LogP contribution is -2.54. The van der Waals surface area contributed by atoms with Gasteiger partial charge in [-0.25, -0.2) is 4.79 Å². The van der Waals surface area contributed by atoms with E-state index in [0.29, 0.717) is 46.5 Å². The fourth-order valence-corrected chi connectivity index (χ4v) is 13.0. The highest BCUT2D eigenvalue weighted by molar-refractivity contribution is 6.06. The minimum absolute atomic E-state index is 0.0240. The first-order valence-electron chi connectivity index (χ1n) is 24.4. The van der Waals surface area contributed by atoms with Crippen molar-refractivity contribution in [1.82, 2.24) is 0 Å². The first-order chi connectivity index (χ1) is 29.8. The lowest BCUT2D eigenvalue weighted by molar-refractivity contribution is -0.126. The number of hydrogen-bond acceptors (Lipinski definition) is 7. The number of unbranched alkanes of at least 4 members (excludes halogenated alkanes) is 3. The maximum atomic E-state index is 13.1. The second-order valence-corrected chi connectivity index (χ2v) is 20.8. The van der Waals surface area contributed by atoms with E-state index in [1.807, 2.05) is 54.6 Å². The number of fused-ring (bicyclic) bond motifs is 5. The molecule has 0 aromatic heterocycles. The molecule has 0 spiro atoms. The minimum Gasteiger partial charge on any atom is -0.494 e. The third kappa shape index (κ3) is 10.9. The normalized spacial score (nSPS) is 28.5. The molecule has 7 rings (SSSR count). The number of hydrogen-bond donors (Lipinski definition) is 2. The second-order valence-electron chi connectivity index (χ2n) is 20.8. The van der Waals surface area contributed by atoms with Crippen molar-refractivity contribution < 1.29 is 23.8 Å². The summed E-state index contributed by atoms with van der Waals surface area (Å²) < 4.78 is 17.9. The summed E-state index contributed by atoms with van der Waals surface area (Å²) in [5.74, 6) is 7.32. The molecular weight excluding hydrogens is 769 g/mol. The van der Waals surface area contributed by atoms with Crippen LogP contribution in [0.2, 0.25) is 0 Å². The quantitative estimate of drug-likeness (QED) is 0.0406. The van der Waals surface area contributed by atoms with Crippen LogP contribution in [0.1, 0.15) is 164 Å². The topological polar surface area (TPSA) is 114 Å². The van der Waals surface area contributed by atoms with Crippen LogP contribution in [0.25, 0.3) is 6.08 Å². The molecule has 9 atom stereocenters. The monoisotopic (exact) mass is 845 g/mol. The van der Waals surface area contributed by atoms with Crippen molar-refractivity contribution in [3.63, 3.8) is 0 Å². The average Bonchev–Trinajstić information content (AvgIpc) is 3.61. The Morgan fingerprint density at radius 2 is 1.39 bits per heavy atom. The number of anilines is 2. The number of esters is 1. The van der Waals surface area contributed by atoms with Crippen LogP contribution >= 0.6 is 0 Å². The van der Waals surface area contributed by atoms with Gasteiger partial charge in [-0.15, -0.1) is 0 Å². The molecule has 0 amide bonds. The smallest absolute Gasteiger partial charge is 0.338 e. The molecule has 7 nitrogen and oxygen atoms in total. The van der Waals surface area contributed by atoms with Gasteiger partial charge in [-0.05, 0) is 202 Å². The molecule has 5 unspecified atom stereocenters. The first-order valence-corrected chi connectivity index (χ1v) is 24.4. The Morgan fingerprint density at radius 3 is 2.11 bits per heavy atom. The molecule has 336 valence electrons. The van der Waals surface area contributed by atoms with Gasteiger partial charge >= 0.3 is 5.97 Å². The Kier molecular flexibility index (Phi) is 15.1. The Labute approximate surface area is 373 Å². The summed E-state index contributed by atoms with van der Waals surface area (Å²) in [7, 11) is 0. The van der Waals surface area contributed by atoms with Crippen molar-refractivity contribution in [3.8, 4) is 11.5 Å². The van der Waals surface area contributed by atoms with Gasteiger partial charge in [0.2, 0.25) is 0 Å². The first kappa shape index (κ1) is 45.8. The van der Waals surface area contributed by atoms with Crippen LogP contribution in [0.15, 0.2) is 72.8 Å². The van der Waals surface area contributed by atoms with E-state index in [4.69, 9.17) is 25.7 Å². The van der Waals surface area contributed by atoms with Crippen LogP contribution in [0.3, 0.4) is 0 Å². The predicted octanol–water partition coefficient (Wildman–Crippen LogP) is 13.4. The number of carbonyl (C=O) groups excluding carboxylic acids is 2. The Bertz CT molecular complexity index is 1950. The molecule has 0 bridgehead atoms. The van der Waals surface area contributed by atoms with Gasteiger partial charge < -0.3 is 25.7 Å². The van der Waals surface area contributed by atoms with Gasteiger partial charge in [0.1, 0.15) is 11.5 Å². The van der Waals surface area contributed by atoms with E-state index in [9.17, 15) is 9.59 Å². The Morgan fingerprint density at radius 1 is 0.710 bits per heavy atom. The van der Waals surface area contributed by atoms with Crippen LogP contribution in [-0.4, -0.2) is 31.1 Å². The van der Waals surface area contributed by atoms with Crippen LogP contribution in [0.4, 0.5) is 11.4 Å². The molecule has 0 heterocycles. The molecule has 0 radical (unpaired) electrons. The third-order valence-corrected chi connectivity index (χ3v) is 16.3. The van der Waals surface area contributed by atoms with E-state index in [1.54, 1.807) is 24.3 Å². The van der Waals surface area contributed by atoms with Crippen LogP contribution < -0.4 is 20.9 Å². The van der Waals surface area contributed by atoms with E-state index in [-0.39, 0.29) is 11.9 Å². The molecule has 4 aliphatic carbocycles. The summed E-state index contributed by atoms with van der Waals surface area (Å²) in [6, 6.07) is 20.3. The molecule has 3 aromatic carbocycles. The van der Waals surface area contributed by atoms with Gasteiger partial charge in [0.05, 0.1) is 24.9 Å². The number of ether oxygens (including phenoxy) is 3. The zero-order chi connectivity index (χ0) is 43.9. The lowest BCUT2D eigenvalue weighted by Gasteiger charge is -2.61. The molecule has 3 aromatic rings. The maximum absolute atomic E-state index is 13.1. The van der Waals surface area contributed by atoms with E-state index in [1.165, 1.54) is 64.2 Å². The van der Waals surface area contributed by atoms with Gasteiger partial charge in [-0.3, -0.25) is 4.79 Å². The summed E-state index contributed by atoms with van der Waals surface area (Å²) in [6.07, 6.45) is 23.7. The fraction of sp³-hybridized carbons (Fsp3) is 0.600. The van der Waals surface area contributed by atoms with E-state index in [2.05, 4.69) is 34.6 Å². The maximum Gasteiger partial charge on any atom is 0.338 e. The number of nitrogens with two attached hydrogens (primary N) is 2. The molecular formula is C55H76N2O5. The number of rotatable bonds is 19. The Balaban J connectivity index is 0.800. The zero-order valence-corrected chi connectivity index (χ0v) is 38.5. The minimum atomic E-state index is -0.410. The standard InChI is InChI=1S/C55H76N2O5/c1-37(2)11-10-12-38(3)49-24-25-50-48-23-18-42-35-47(27-29-54(42,4)51(48)28-30-55(49,50)5)62-46-21-16-40(17-22-46)52(58)26-15-39-13-19-45(20-14-39)60-31-8-6-7-9-32-61-53(59)41-33-43(56)36-44(57)34-41/h13-17,19-22,26,33-34,36-38,42,47-51H,6-12,18,23-25,27-32,35,56-57H2,1-5H3/t38-,42?,47?,48?,49-,50?,51?,54+,55-/m1/s1. The number of benzene rings is 3. The van der Waals surface area contributed by atoms with Gasteiger partial charge in [-0.2, -0.15) is 0 Å². The highest BCUT2D eigenvalue weighted by atomic mass is 16.5. The second kappa shape index (κ2) is 20.5. The van der Waals surface area contributed by atoms with Gasteiger partial charge in [0.25, 0.3) is 0 Å². The van der Waals surface area contributed by atoms with E-state index < -0.39 is 5.97 Å². The molecule has 62 heavy (non-hydrogen) atoms. The molecule has 4 saturated carbocycles. The SMILES string of the molecule is CC(C)CCC[C@@H](C)[C@H]1CCC2C3CCC4CC(Oc5ccc(C(=O)C=Cc6ccc(OCCCCCCOC(=O)c7cc(N)cc(N)c7)cc6)cc5)CC[C@]4(C)C3CC[C@@]21C. The molecule has 4 aliphatic rings. The van der Waals surface area contributed by atoms with Crippen LogP contribution in [-0.2, 0) is 4.74 Å². The highest BCUT2D eigenvalue weighted by Gasteiger charge is 2.60. The largest absolute Gasteiger partial charge is 0.494 e. The molecule has 0 saturated heterocycles. The molecule has 7 heteroatoms. The average molecular weight is 845 g/mol. The van der Waals surface area contributed by atoms with E-state index >= 15 is 0 Å². The summed E-state index contributed by atoms with van der Waals surface area (Å²) in [5.41, 5.74) is 15.4. The fourth-order valence-electron chi connectivity index (χ4n) is 13.0. The van der Waals surface area contributed by atoms with Crippen molar-refractivity contribution >= 4 is 29.2 Å². The van der Waals surface area contributed by atoms with Gasteiger partial charge in [0, 0.05) is 16.9 Å². The molecule has 4 N–H and O–H groups in total. The number of allylic oxidation sites excluding steroid dienone is 1. The van der Waals surface area contributed by atoms with Crippen molar-refractivity contribution in [3.05, 3.63) is 89.5 Å². The molecule has 4 fully saturated rings. The van der Waals surface area contributed by atoms with Crippen molar-refractivity contribution in [2.75, 3.05) is 24.7 Å². The third-order valence-electron chi connectivity index (χ3n) is 16.3. The highest BCUT2D eigenvalue weighted by Crippen LogP contribution is 2.68. The number of ketones is 1. The summed E-state index contributed by atoms with van der Waals surface area (Å²) in [4.78, 5) is 25.3. The lowest BCUT2D eigenvalue weighted by atomic mass is 9.44.